The first-order valence-corrected chi connectivity index (χ1v) is 4.99. The van der Waals surface area contributed by atoms with Gasteiger partial charge in [0.1, 0.15) is 0 Å². The van der Waals surface area contributed by atoms with Crippen LogP contribution in [-0.2, 0) is 4.79 Å². The number of amides is 2. The quantitative estimate of drug-likeness (QED) is 0.478. The molecule has 1 aliphatic heterocycles. The Labute approximate surface area is 92.7 Å². The molecule has 0 bridgehead atoms. The fourth-order valence-electron chi connectivity index (χ4n) is 1.36. The van der Waals surface area contributed by atoms with Crippen molar-refractivity contribution in [3.05, 3.63) is 0 Å². The van der Waals surface area contributed by atoms with Crippen molar-refractivity contribution in [1.82, 2.24) is 10.2 Å². The number of hydrogen-bond acceptors (Lipinski definition) is 4. The molecule has 1 saturated heterocycles. The summed E-state index contributed by atoms with van der Waals surface area (Å²) in [5.74, 6) is -1.39. The van der Waals surface area contributed by atoms with Crippen molar-refractivity contribution in [2.75, 3.05) is 19.6 Å². The Balaban J connectivity index is 2.38. The number of aliphatic hydroxyl groups is 2. The van der Waals surface area contributed by atoms with Gasteiger partial charge in [-0.25, -0.2) is 9.59 Å². The number of β-amino-alcohol motifs (C(OH)–C–C–N with tert-alkyl or cyclic N) is 1. The number of rotatable bonds is 3. The van der Waals surface area contributed by atoms with Gasteiger partial charge < -0.3 is 25.5 Å². The zero-order valence-corrected chi connectivity index (χ0v) is 9.01. The second-order valence-electron chi connectivity index (χ2n) is 4.13. The highest BCUT2D eigenvalue weighted by Gasteiger charge is 2.32. The third kappa shape index (κ3) is 3.07. The van der Waals surface area contributed by atoms with Crippen molar-refractivity contribution in [1.29, 1.82) is 0 Å². The molecule has 1 rings (SSSR count). The summed E-state index contributed by atoms with van der Waals surface area (Å²) in [5.41, 5.74) is -1.98. The molecule has 0 radical (unpaired) electrons. The van der Waals surface area contributed by atoms with Crippen LogP contribution in [0.25, 0.3) is 0 Å². The molecule has 0 aromatic rings. The zero-order chi connectivity index (χ0) is 12.3. The topological polar surface area (TPSA) is 110 Å². The first-order valence-electron chi connectivity index (χ1n) is 4.99. The summed E-state index contributed by atoms with van der Waals surface area (Å²) in [6.07, 6.45) is -0.00586. The number of nitrogens with zero attached hydrogens (tertiary/aromatic N) is 1. The predicted molar refractivity (Wildman–Crippen MR) is 53.9 cm³/mol. The normalized spacial score (nSPS) is 23.9. The van der Waals surface area contributed by atoms with Crippen LogP contribution >= 0.6 is 0 Å². The highest BCUT2D eigenvalue weighted by Crippen LogP contribution is 2.09. The van der Waals surface area contributed by atoms with Crippen molar-refractivity contribution >= 4 is 12.0 Å². The summed E-state index contributed by atoms with van der Waals surface area (Å²) in [4.78, 5) is 23.4. The molecular weight excluding hydrogens is 216 g/mol. The number of carboxylic acids is 1. The van der Waals surface area contributed by atoms with Gasteiger partial charge in [-0.1, -0.05) is 0 Å². The predicted octanol–water partition coefficient (Wildman–Crippen LogP) is -1.40. The van der Waals surface area contributed by atoms with Gasteiger partial charge in [0.25, 0.3) is 0 Å². The van der Waals surface area contributed by atoms with Crippen molar-refractivity contribution in [2.24, 2.45) is 0 Å². The first-order chi connectivity index (χ1) is 7.33. The summed E-state index contributed by atoms with van der Waals surface area (Å²) < 4.78 is 0. The van der Waals surface area contributed by atoms with E-state index in [4.69, 9.17) is 5.11 Å². The lowest BCUT2D eigenvalue weighted by Gasteiger charge is -2.21. The molecule has 92 valence electrons. The van der Waals surface area contributed by atoms with Crippen LogP contribution in [0.4, 0.5) is 4.79 Å². The Bertz CT molecular complexity index is 292. The standard InChI is InChI=1S/C9H16N2O5/c1-9(16,7(13)14)5-10-8(15)11-3-2-6(12)4-11/h6,12,16H,2-5H2,1H3,(H,10,15)(H,13,14). The average molecular weight is 232 g/mol. The van der Waals surface area contributed by atoms with Crippen LogP contribution in [0.15, 0.2) is 0 Å². The fourth-order valence-corrected chi connectivity index (χ4v) is 1.36. The van der Waals surface area contributed by atoms with E-state index in [0.29, 0.717) is 13.0 Å². The Morgan fingerprint density at radius 2 is 2.19 bits per heavy atom. The Hall–Kier alpha value is -1.34. The smallest absolute Gasteiger partial charge is 0.337 e. The third-order valence-corrected chi connectivity index (χ3v) is 2.50. The maximum absolute atomic E-state index is 11.5. The maximum Gasteiger partial charge on any atom is 0.337 e. The zero-order valence-electron chi connectivity index (χ0n) is 9.01. The van der Waals surface area contributed by atoms with Crippen LogP contribution in [0.5, 0.6) is 0 Å². The van der Waals surface area contributed by atoms with E-state index in [1.165, 1.54) is 4.90 Å². The molecule has 0 aliphatic carbocycles. The van der Waals surface area contributed by atoms with Crippen molar-refractivity contribution in [3.8, 4) is 0 Å². The van der Waals surface area contributed by atoms with E-state index in [1.807, 2.05) is 0 Å². The molecule has 0 saturated carbocycles. The van der Waals surface area contributed by atoms with Gasteiger partial charge in [-0.3, -0.25) is 0 Å². The summed E-state index contributed by atoms with van der Waals surface area (Å²) >= 11 is 0. The molecule has 7 nitrogen and oxygen atoms in total. The summed E-state index contributed by atoms with van der Waals surface area (Å²) in [6.45, 7) is 1.41. The summed E-state index contributed by atoms with van der Waals surface area (Å²) in [7, 11) is 0. The molecule has 0 spiro atoms. The van der Waals surface area contributed by atoms with Crippen LogP contribution in [0.3, 0.4) is 0 Å². The minimum Gasteiger partial charge on any atom is -0.479 e. The number of carbonyl (C=O) groups excluding carboxylic acids is 1. The molecule has 16 heavy (non-hydrogen) atoms. The Kier molecular flexibility index (Phi) is 3.71. The minimum atomic E-state index is -1.98. The van der Waals surface area contributed by atoms with E-state index in [9.17, 15) is 19.8 Å². The number of aliphatic hydroxyl groups excluding tert-OH is 1. The van der Waals surface area contributed by atoms with E-state index in [-0.39, 0.29) is 13.1 Å². The van der Waals surface area contributed by atoms with Gasteiger partial charge in [0, 0.05) is 13.1 Å². The van der Waals surface area contributed by atoms with Gasteiger partial charge in [-0.05, 0) is 13.3 Å². The molecule has 1 fully saturated rings. The van der Waals surface area contributed by atoms with Crippen LogP contribution in [0.1, 0.15) is 13.3 Å². The first kappa shape index (κ1) is 12.7. The van der Waals surface area contributed by atoms with Gasteiger partial charge >= 0.3 is 12.0 Å². The molecule has 4 N–H and O–H groups in total. The van der Waals surface area contributed by atoms with Crippen LogP contribution in [0, 0.1) is 0 Å². The average Bonchev–Trinajstić information content (AvgIpc) is 2.61. The lowest BCUT2D eigenvalue weighted by molar-refractivity contribution is -0.155. The molecule has 1 heterocycles. The summed E-state index contributed by atoms with van der Waals surface area (Å²) in [5, 5.41) is 29.5. The molecule has 7 heteroatoms. The highest BCUT2D eigenvalue weighted by atomic mass is 16.4. The molecule has 1 aliphatic rings. The molecule has 0 aromatic heterocycles. The van der Waals surface area contributed by atoms with E-state index in [2.05, 4.69) is 5.32 Å². The van der Waals surface area contributed by atoms with Crippen LogP contribution in [-0.4, -0.2) is 63.6 Å². The molecule has 0 aromatic carbocycles. The van der Waals surface area contributed by atoms with Crippen LogP contribution < -0.4 is 5.32 Å². The lowest BCUT2D eigenvalue weighted by atomic mass is 10.1. The largest absolute Gasteiger partial charge is 0.479 e. The van der Waals surface area contributed by atoms with Gasteiger partial charge in [-0.15, -0.1) is 0 Å². The number of likely N-dealkylation sites (tertiary alicyclic amines) is 1. The second-order valence-corrected chi connectivity index (χ2v) is 4.13. The third-order valence-electron chi connectivity index (χ3n) is 2.50. The minimum absolute atomic E-state index is 0.237. The van der Waals surface area contributed by atoms with E-state index in [1.54, 1.807) is 0 Å². The maximum atomic E-state index is 11.5. The SMILES string of the molecule is CC(O)(CNC(=O)N1CCC(O)C1)C(=O)O. The molecule has 2 atom stereocenters. The van der Waals surface area contributed by atoms with Gasteiger partial charge in [-0.2, -0.15) is 0 Å². The number of nitrogens with one attached hydrogen (secondary N) is 1. The Morgan fingerprint density at radius 3 is 2.62 bits per heavy atom. The molecule has 2 amide bonds. The fraction of sp³-hybridized carbons (Fsp3) is 0.778. The van der Waals surface area contributed by atoms with E-state index >= 15 is 0 Å². The van der Waals surface area contributed by atoms with Gasteiger partial charge in [0.05, 0.1) is 12.6 Å². The van der Waals surface area contributed by atoms with Crippen molar-refractivity contribution in [3.63, 3.8) is 0 Å². The van der Waals surface area contributed by atoms with Crippen LogP contribution in [0.2, 0.25) is 0 Å². The number of carbonyl (C=O) groups is 2. The molecule has 2 unspecified atom stereocenters. The van der Waals surface area contributed by atoms with Gasteiger partial charge in [0.2, 0.25) is 0 Å². The Morgan fingerprint density at radius 1 is 1.56 bits per heavy atom. The number of carboxylic acid groups (broad SMARTS) is 1. The number of hydrogen-bond donors (Lipinski definition) is 4. The second kappa shape index (κ2) is 4.67. The van der Waals surface area contributed by atoms with Crippen molar-refractivity contribution in [2.45, 2.75) is 25.0 Å². The van der Waals surface area contributed by atoms with E-state index < -0.39 is 23.7 Å². The number of urea groups is 1. The van der Waals surface area contributed by atoms with Crippen molar-refractivity contribution < 1.29 is 24.9 Å². The molecular formula is C9H16N2O5. The highest BCUT2D eigenvalue weighted by molar-refractivity contribution is 5.79. The monoisotopic (exact) mass is 232 g/mol. The summed E-state index contributed by atoms with van der Waals surface area (Å²) in [6, 6.07) is -0.474. The van der Waals surface area contributed by atoms with Gasteiger partial charge in [0.15, 0.2) is 5.60 Å². The lowest BCUT2D eigenvalue weighted by Crippen LogP contribution is -2.49. The number of aliphatic carboxylic acids is 1. The van der Waals surface area contributed by atoms with E-state index in [0.717, 1.165) is 6.92 Å².